The number of rotatable bonds is 5. The Kier molecular flexibility index (Phi) is 5.70. The maximum atomic E-state index is 11.4. The Hall–Kier alpha value is -2.04. The number of carbonyl (C=O) groups is 2. The van der Waals surface area contributed by atoms with Crippen LogP contribution in [0.3, 0.4) is 0 Å². The van der Waals surface area contributed by atoms with Crippen LogP contribution in [-0.4, -0.2) is 25.0 Å². The molecule has 5 nitrogen and oxygen atoms in total. The summed E-state index contributed by atoms with van der Waals surface area (Å²) in [5, 5.41) is 8.00. The van der Waals surface area contributed by atoms with Crippen LogP contribution in [0.5, 0.6) is 0 Å². The minimum Gasteiger partial charge on any atom is -0.355 e. The molecule has 1 aromatic carbocycles. The van der Waals surface area contributed by atoms with Gasteiger partial charge in [-0.05, 0) is 12.5 Å². The molecule has 0 bridgehead atoms. The van der Waals surface area contributed by atoms with E-state index in [1.165, 1.54) is 12.5 Å². The molecule has 0 aliphatic heterocycles. The van der Waals surface area contributed by atoms with Gasteiger partial charge in [0.05, 0.1) is 0 Å². The lowest BCUT2D eigenvalue weighted by Crippen LogP contribution is -2.39. The highest BCUT2D eigenvalue weighted by Gasteiger charge is 1.99. The first-order valence-corrected chi connectivity index (χ1v) is 5.89. The molecule has 0 radical (unpaired) electrons. The number of nitrogens with one attached hydrogen (secondary N) is 3. The lowest BCUT2D eigenvalue weighted by atomic mass is 10.1. The Morgan fingerprint density at radius 3 is 2.22 bits per heavy atom. The van der Waals surface area contributed by atoms with E-state index in [9.17, 15) is 9.59 Å². The Labute approximate surface area is 107 Å². The van der Waals surface area contributed by atoms with Crippen molar-refractivity contribution >= 4 is 11.9 Å². The van der Waals surface area contributed by atoms with Crippen molar-refractivity contribution in [2.75, 3.05) is 13.1 Å². The zero-order valence-corrected chi connectivity index (χ0v) is 10.7. The molecule has 0 spiro atoms. The standard InChI is InChI=1S/C13H19N3O2/c1-10-3-5-12(6-4-10)9-16-13(18)15-8-7-14-11(2)17/h3-6H,7-9H2,1-2H3,(H,14,17)(H2,15,16,18). The SMILES string of the molecule is CC(=O)NCCNC(=O)NCc1ccc(C)cc1. The van der Waals surface area contributed by atoms with Crippen molar-refractivity contribution in [3.63, 3.8) is 0 Å². The van der Waals surface area contributed by atoms with Gasteiger partial charge in [0.25, 0.3) is 0 Å². The van der Waals surface area contributed by atoms with Gasteiger partial charge in [-0.1, -0.05) is 29.8 Å². The van der Waals surface area contributed by atoms with E-state index in [-0.39, 0.29) is 11.9 Å². The molecule has 0 aliphatic rings. The van der Waals surface area contributed by atoms with Gasteiger partial charge in [0.15, 0.2) is 0 Å². The van der Waals surface area contributed by atoms with Crippen molar-refractivity contribution in [3.05, 3.63) is 35.4 Å². The molecule has 0 aliphatic carbocycles. The number of aryl methyl sites for hydroxylation is 1. The van der Waals surface area contributed by atoms with E-state index < -0.39 is 0 Å². The third-order valence-electron chi connectivity index (χ3n) is 2.36. The van der Waals surface area contributed by atoms with E-state index in [0.29, 0.717) is 19.6 Å². The van der Waals surface area contributed by atoms with Crippen LogP contribution in [0.25, 0.3) is 0 Å². The second kappa shape index (κ2) is 7.32. The smallest absolute Gasteiger partial charge is 0.315 e. The molecule has 98 valence electrons. The number of amides is 3. The molecular weight excluding hydrogens is 230 g/mol. The molecule has 0 saturated heterocycles. The molecule has 0 aromatic heterocycles. The van der Waals surface area contributed by atoms with Crippen molar-refractivity contribution in [1.29, 1.82) is 0 Å². The van der Waals surface area contributed by atoms with E-state index >= 15 is 0 Å². The third kappa shape index (κ3) is 5.89. The molecule has 0 saturated carbocycles. The van der Waals surface area contributed by atoms with Gasteiger partial charge in [-0.15, -0.1) is 0 Å². The molecule has 5 heteroatoms. The average molecular weight is 249 g/mol. The summed E-state index contributed by atoms with van der Waals surface area (Å²) in [5.74, 6) is -0.100. The van der Waals surface area contributed by atoms with Gasteiger partial charge in [0.1, 0.15) is 0 Å². The zero-order chi connectivity index (χ0) is 13.4. The third-order valence-corrected chi connectivity index (χ3v) is 2.36. The second-order valence-corrected chi connectivity index (χ2v) is 4.08. The Morgan fingerprint density at radius 2 is 1.61 bits per heavy atom. The van der Waals surface area contributed by atoms with Gasteiger partial charge in [0, 0.05) is 26.6 Å². The molecule has 3 amide bonds. The van der Waals surface area contributed by atoms with Crippen LogP contribution in [0.1, 0.15) is 18.1 Å². The van der Waals surface area contributed by atoms with E-state index in [4.69, 9.17) is 0 Å². The summed E-state index contributed by atoms with van der Waals surface area (Å²) >= 11 is 0. The predicted molar refractivity (Wildman–Crippen MR) is 70.1 cm³/mol. The van der Waals surface area contributed by atoms with Gasteiger partial charge in [-0.25, -0.2) is 4.79 Å². The van der Waals surface area contributed by atoms with E-state index in [1.54, 1.807) is 0 Å². The van der Waals surface area contributed by atoms with E-state index in [2.05, 4.69) is 16.0 Å². The topological polar surface area (TPSA) is 70.2 Å². The first-order chi connectivity index (χ1) is 8.58. The molecule has 1 aromatic rings. The van der Waals surface area contributed by atoms with Crippen molar-refractivity contribution in [1.82, 2.24) is 16.0 Å². The van der Waals surface area contributed by atoms with Crippen LogP contribution in [0.15, 0.2) is 24.3 Å². The molecule has 0 atom stereocenters. The van der Waals surface area contributed by atoms with Crippen LogP contribution in [-0.2, 0) is 11.3 Å². The molecule has 1 rings (SSSR count). The fourth-order valence-corrected chi connectivity index (χ4v) is 1.37. The number of hydrogen-bond acceptors (Lipinski definition) is 2. The maximum absolute atomic E-state index is 11.4. The number of urea groups is 1. The second-order valence-electron chi connectivity index (χ2n) is 4.08. The van der Waals surface area contributed by atoms with Crippen LogP contribution in [0.2, 0.25) is 0 Å². The van der Waals surface area contributed by atoms with Gasteiger partial charge in [0.2, 0.25) is 5.91 Å². The van der Waals surface area contributed by atoms with Crippen molar-refractivity contribution in [2.24, 2.45) is 0 Å². The van der Waals surface area contributed by atoms with Crippen LogP contribution >= 0.6 is 0 Å². The van der Waals surface area contributed by atoms with Crippen LogP contribution in [0.4, 0.5) is 4.79 Å². The Balaban J connectivity index is 2.17. The summed E-state index contributed by atoms with van der Waals surface area (Å²) < 4.78 is 0. The highest BCUT2D eigenvalue weighted by molar-refractivity contribution is 5.74. The minimum absolute atomic E-state index is 0.100. The monoisotopic (exact) mass is 249 g/mol. The van der Waals surface area contributed by atoms with Gasteiger partial charge < -0.3 is 16.0 Å². The number of hydrogen-bond donors (Lipinski definition) is 3. The number of carbonyl (C=O) groups excluding carboxylic acids is 2. The fraction of sp³-hybridized carbons (Fsp3) is 0.385. The minimum atomic E-state index is -0.235. The largest absolute Gasteiger partial charge is 0.355 e. The highest BCUT2D eigenvalue weighted by Crippen LogP contribution is 2.02. The zero-order valence-electron chi connectivity index (χ0n) is 10.7. The first kappa shape index (κ1) is 14.0. The highest BCUT2D eigenvalue weighted by atomic mass is 16.2. The lowest BCUT2D eigenvalue weighted by molar-refractivity contribution is -0.118. The quantitative estimate of drug-likeness (QED) is 0.679. The summed E-state index contributed by atoms with van der Waals surface area (Å²) in [6, 6.07) is 7.73. The van der Waals surface area contributed by atoms with Crippen LogP contribution in [0, 0.1) is 6.92 Å². The molecule has 3 N–H and O–H groups in total. The molecule has 0 heterocycles. The van der Waals surface area contributed by atoms with E-state index in [0.717, 1.165) is 5.56 Å². The number of benzene rings is 1. The lowest BCUT2D eigenvalue weighted by Gasteiger charge is -2.08. The normalized spacial score (nSPS) is 9.67. The Bertz CT molecular complexity index is 401. The maximum Gasteiger partial charge on any atom is 0.315 e. The summed E-state index contributed by atoms with van der Waals surface area (Å²) in [6.45, 7) is 4.81. The summed E-state index contributed by atoms with van der Waals surface area (Å²) in [6.07, 6.45) is 0. The predicted octanol–water partition coefficient (Wildman–Crippen LogP) is 0.930. The summed E-state index contributed by atoms with van der Waals surface area (Å²) in [7, 11) is 0. The molecule has 0 fully saturated rings. The summed E-state index contributed by atoms with van der Waals surface area (Å²) in [4.78, 5) is 22.0. The van der Waals surface area contributed by atoms with E-state index in [1.807, 2.05) is 31.2 Å². The van der Waals surface area contributed by atoms with Crippen molar-refractivity contribution in [2.45, 2.75) is 20.4 Å². The van der Waals surface area contributed by atoms with Crippen molar-refractivity contribution in [3.8, 4) is 0 Å². The molecule has 18 heavy (non-hydrogen) atoms. The van der Waals surface area contributed by atoms with Gasteiger partial charge >= 0.3 is 6.03 Å². The fourth-order valence-electron chi connectivity index (χ4n) is 1.37. The van der Waals surface area contributed by atoms with Gasteiger partial charge in [-0.3, -0.25) is 4.79 Å². The molecule has 0 unspecified atom stereocenters. The molecular formula is C13H19N3O2. The summed E-state index contributed by atoms with van der Waals surface area (Å²) in [5.41, 5.74) is 2.25. The van der Waals surface area contributed by atoms with Crippen LogP contribution < -0.4 is 16.0 Å². The first-order valence-electron chi connectivity index (χ1n) is 5.89. The van der Waals surface area contributed by atoms with Gasteiger partial charge in [-0.2, -0.15) is 0 Å². The van der Waals surface area contributed by atoms with Crippen molar-refractivity contribution < 1.29 is 9.59 Å². The Morgan fingerprint density at radius 1 is 1.00 bits per heavy atom. The average Bonchev–Trinajstić information content (AvgIpc) is 2.34.